The second kappa shape index (κ2) is 12.5. The first-order chi connectivity index (χ1) is 17.1. The van der Waals surface area contributed by atoms with Gasteiger partial charge in [-0.1, -0.05) is 31.2 Å². The fraction of sp³-hybridized carbons (Fsp3) is 0.500. The molecule has 204 valence electrons. The Bertz CT molecular complexity index is 1190. The molecule has 1 N–H and O–H groups in total. The highest BCUT2D eigenvalue weighted by molar-refractivity contribution is 7.92. The van der Waals surface area contributed by atoms with Gasteiger partial charge in [-0.25, -0.2) is 12.8 Å². The SMILES string of the molecule is CC[C@H](C(=O)NC(C)(C)C)N(Cc1ccc(F)cc1)C(=O)CCCN(c1cc(C)ccc1C)S(C)(=O)=O. The largest absolute Gasteiger partial charge is 0.350 e. The molecule has 0 unspecified atom stereocenters. The van der Waals surface area contributed by atoms with E-state index in [0.717, 1.165) is 17.4 Å². The Hall–Kier alpha value is -2.94. The summed E-state index contributed by atoms with van der Waals surface area (Å²) in [5.41, 5.74) is 2.58. The van der Waals surface area contributed by atoms with Gasteiger partial charge in [0.05, 0.1) is 11.9 Å². The molecule has 0 aromatic heterocycles. The third-order valence-electron chi connectivity index (χ3n) is 5.94. The van der Waals surface area contributed by atoms with Crippen LogP contribution in [0, 0.1) is 19.7 Å². The lowest BCUT2D eigenvalue weighted by molar-refractivity contribution is -0.142. The van der Waals surface area contributed by atoms with Crippen molar-refractivity contribution in [1.29, 1.82) is 0 Å². The maximum atomic E-state index is 13.5. The first-order valence-electron chi connectivity index (χ1n) is 12.5. The number of hydrogen-bond donors (Lipinski definition) is 1. The molecule has 37 heavy (non-hydrogen) atoms. The van der Waals surface area contributed by atoms with Crippen LogP contribution in [0.2, 0.25) is 0 Å². The summed E-state index contributed by atoms with van der Waals surface area (Å²) < 4.78 is 40.0. The minimum atomic E-state index is -3.57. The second-order valence-electron chi connectivity index (χ2n) is 10.5. The molecule has 1 atom stereocenters. The van der Waals surface area contributed by atoms with Crippen LogP contribution in [0.25, 0.3) is 0 Å². The van der Waals surface area contributed by atoms with Gasteiger partial charge in [0.15, 0.2) is 0 Å². The van der Waals surface area contributed by atoms with Crippen molar-refractivity contribution in [3.05, 3.63) is 65.0 Å². The summed E-state index contributed by atoms with van der Waals surface area (Å²) in [4.78, 5) is 28.1. The molecule has 0 aliphatic carbocycles. The molecule has 0 fully saturated rings. The molecule has 0 aliphatic heterocycles. The number of sulfonamides is 1. The molecule has 0 spiro atoms. The van der Waals surface area contributed by atoms with Gasteiger partial charge in [0, 0.05) is 25.0 Å². The van der Waals surface area contributed by atoms with Gasteiger partial charge >= 0.3 is 0 Å². The number of hydrogen-bond acceptors (Lipinski definition) is 4. The molecule has 7 nitrogen and oxygen atoms in total. The van der Waals surface area contributed by atoms with Gasteiger partial charge in [0.2, 0.25) is 21.8 Å². The second-order valence-corrected chi connectivity index (χ2v) is 12.4. The molecular formula is C28H40FN3O4S. The van der Waals surface area contributed by atoms with Gasteiger partial charge in [-0.15, -0.1) is 0 Å². The predicted octanol–water partition coefficient (Wildman–Crippen LogP) is 4.71. The molecule has 0 radical (unpaired) electrons. The number of benzene rings is 2. The Balaban J connectivity index is 2.27. The molecule has 0 bridgehead atoms. The van der Waals surface area contributed by atoms with Crippen molar-refractivity contribution in [2.24, 2.45) is 0 Å². The Labute approximate surface area is 221 Å². The molecule has 0 saturated carbocycles. The number of anilines is 1. The van der Waals surface area contributed by atoms with Crippen molar-refractivity contribution in [1.82, 2.24) is 10.2 Å². The number of nitrogens with zero attached hydrogens (tertiary/aromatic N) is 2. The summed E-state index contributed by atoms with van der Waals surface area (Å²) in [5, 5.41) is 2.95. The van der Waals surface area contributed by atoms with E-state index >= 15 is 0 Å². The number of carbonyl (C=O) groups excluding carboxylic acids is 2. The molecule has 0 aliphatic rings. The molecule has 2 rings (SSSR count). The number of nitrogens with one attached hydrogen (secondary N) is 1. The standard InChI is InChI=1S/C28H40FN3O4S/c1-8-24(27(34)30-28(4,5)6)31(19-22-13-15-23(29)16-14-22)26(33)10-9-17-32(37(7,35)36)25-18-20(2)11-12-21(25)3/h11-16,18,24H,8-10,17,19H2,1-7H3,(H,30,34)/t24-/m1/s1. The van der Waals surface area contributed by atoms with Crippen molar-refractivity contribution in [3.8, 4) is 0 Å². The summed E-state index contributed by atoms with van der Waals surface area (Å²) in [6, 6.07) is 10.7. The Morgan fingerprint density at radius 1 is 1.05 bits per heavy atom. The zero-order chi connectivity index (χ0) is 28.0. The third-order valence-corrected chi connectivity index (χ3v) is 7.12. The lowest BCUT2D eigenvalue weighted by atomic mass is 10.0. The molecule has 0 saturated heterocycles. The van der Waals surface area contributed by atoms with Gasteiger partial charge in [-0.2, -0.15) is 0 Å². The van der Waals surface area contributed by atoms with Crippen LogP contribution in [0.3, 0.4) is 0 Å². The predicted molar refractivity (Wildman–Crippen MR) is 146 cm³/mol. The minimum Gasteiger partial charge on any atom is -0.350 e. The lowest BCUT2D eigenvalue weighted by Gasteiger charge is -2.33. The van der Waals surface area contributed by atoms with Crippen LogP contribution in [0.4, 0.5) is 10.1 Å². The van der Waals surface area contributed by atoms with E-state index in [1.807, 2.05) is 59.7 Å². The number of aryl methyl sites for hydroxylation is 2. The Morgan fingerprint density at radius 2 is 1.68 bits per heavy atom. The van der Waals surface area contributed by atoms with Crippen molar-refractivity contribution in [3.63, 3.8) is 0 Å². The number of carbonyl (C=O) groups is 2. The highest BCUT2D eigenvalue weighted by Crippen LogP contribution is 2.25. The van der Waals surface area contributed by atoms with Gasteiger partial charge in [0.1, 0.15) is 11.9 Å². The van der Waals surface area contributed by atoms with Crippen LogP contribution in [-0.4, -0.2) is 49.5 Å². The van der Waals surface area contributed by atoms with Crippen LogP contribution >= 0.6 is 0 Å². The summed E-state index contributed by atoms with van der Waals surface area (Å²) >= 11 is 0. The molecule has 0 heterocycles. The number of halogens is 1. The maximum Gasteiger partial charge on any atom is 0.243 e. The monoisotopic (exact) mass is 533 g/mol. The normalized spacial score (nSPS) is 12.6. The fourth-order valence-corrected chi connectivity index (χ4v) is 5.14. The van der Waals surface area contributed by atoms with Crippen molar-refractivity contribution >= 4 is 27.5 Å². The van der Waals surface area contributed by atoms with Gasteiger partial charge in [0.25, 0.3) is 0 Å². The summed E-state index contributed by atoms with van der Waals surface area (Å²) in [5.74, 6) is -0.917. The first kappa shape index (κ1) is 30.3. The van der Waals surface area contributed by atoms with Crippen LogP contribution in [-0.2, 0) is 26.2 Å². The van der Waals surface area contributed by atoms with Crippen molar-refractivity contribution in [2.75, 3.05) is 17.1 Å². The number of rotatable bonds is 11. The number of amides is 2. The molecule has 2 aromatic carbocycles. The maximum absolute atomic E-state index is 13.5. The lowest BCUT2D eigenvalue weighted by Crippen LogP contribution is -2.53. The van der Waals surface area contributed by atoms with Gasteiger partial charge < -0.3 is 10.2 Å². The first-order valence-corrected chi connectivity index (χ1v) is 14.4. The summed E-state index contributed by atoms with van der Waals surface area (Å²) in [6.07, 6.45) is 1.88. The molecule has 2 aromatic rings. The van der Waals surface area contributed by atoms with Crippen LogP contribution in [0.1, 0.15) is 63.6 Å². The van der Waals surface area contributed by atoms with E-state index < -0.39 is 21.6 Å². The molecule has 2 amide bonds. The highest BCUT2D eigenvalue weighted by atomic mass is 32.2. The van der Waals surface area contributed by atoms with E-state index in [-0.39, 0.29) is 43.6 Å². The summed E-state index contributed by atoms with van der Waals surface area (Å²) in [7, 11) is -3.57. The Morgan fingerprint density at radius 3 is 2.22 bits per heavy atom. The smallest absolute Gasteiger partial charge is 0.243 e. The van der Waals surface area contributed by atoms with E-state index in [0.29, 0.717) is 17.7 Å². The Kier molecular flexibility index (Phi) is 10.3. The fourth-order valence-electron chi connectivity index (χ4n) is 4.13. The van der Waals surface area contributed by atoms with Crippen molar-refractivity contribution in [2.45, 2.75) is 78.9 Å². The average molecular weight is 534 g/mol. The third kappa shape index (κ3) is 9.14. The van der Waals surface area contributed by atoms with Crippen LogP contribution in [0.5, 0.6) is 0 Å². The average Bonchev–Trinajstić information content (AvgIpc) is 2.77. The van der Waals surface area contributed by atoms with E-state index in [4.69, 9.17) is 0 Å². The zero-order valence-electron chi connectivity index (χ0n) is 23.0. The quantitative estimate of drug-likeness (QED) is 0.453. The zero-order valence-corrected chi connectivity index (χ0v) is 23.8. The van der Waals surface area contributed by atoms with E-state index in [1.165, 1.54) is 21.3 Å². The van der Waals surface area contributed by atoms with Crippen LogP contribution in [0.15, 0.2) is 42.5 Å². The topological polar surface area (TPSA) is 86.8 Å². The van der Waals surface area contributed by atoms with Gasteiger partial charge in [-0.3, -0.25) is 13.9 Å². The van der Waals surface area contributed by atoms with Crippen LogP contribution < -0.4 is 9.62 Å². The van der Waals surface area contributed by atoms with Gasteiger partial charge in [-0.05, 0) is 82.3 Å². The summed E-state index contributed by atoms with van der Waals surface area (Å²) in [6.45, 7) is 11.5. The van der Waals surface area contributed by atoms with E-state index in [1.54, 1.807) is 12.1 Å². The van der Waals surface area contributed by atoms with E-state index in [2.05, 4.69) is 5.32 Å². The van der Waals surface area contributed by atoms with E-state index in [9.17, 15) is 22.4 Å². The molecule has 9 heteroatoms. The van der Waals surface area contributed by atoms with Crippen molar-refractivity contribution < 1.29 is 22.4 Å². The molecular weight excluding hydrogens is 493 g/mol. The minimum absolute atomic E-state index is 0.0530. The highest BCUT2D eigenvalue weighted by Gasteiger charge is 2.30.